The van der Waals surface area contributed by atoms with Crippen molar-refractivity contribution in [2.45, 2.75) is 46.5 Å². The van der Waals surface area contributed by atoms with Crippen molar-refractivity contribution in [2.75, 3.05) is 33.2 Å². The summed E-state index contributed by atoms with van der Waals surface area (Å²) in [6.45, 7) is 13.4. The van der Waals surface area contributed by atoms with Gasteiger partial charge in [-0.3, -0.25) is 4.79 Å². The van der Waals surface area contributed by atoms with E-state index in [4.69, 9.17) is 8.83 Å². The molecule has 1 fully saturated rings. The number of amides is 1. The van der Waals surface area contributed by atoms with Gasteiger partial charge in [0.1, 0.15) is 11.2 Å². The third kappa shape index (κ3) is 3.43. The molecule has 3 heterocycles. The molecule has 30 heavy (non-hydrogen) atoms. The van der Waals surface area contributed by atoms with E-state index in [0.717, 1.165) is 46.1 Å². The van der Waals surface area contributed by atoms with Crippen LogP contribution in [0.15, 0.2) is 26.0 Å². The van der Waals surface area contributed by atoms with Gasteiger partial charge in [-0.2, -0.15) is 0 Å². The van der Waals surface area contributed by atoms with Crippen LogP contribution in [0.25, 0.3) is 21.9 Å². The normalized spacial score (nSPS) is 16.0. The van der Waals surface area contributed by atoms with Crippen molar-refractivity contribution in [1.29, 1.82) is 0 Å². The Hall–Kier alpha value is -2.60. The molecule has 4 rings (SSSR count). The average Bonchev–Trinajstić information content (AvgIpc) is 3.11. The molecule has 0 aliphatic carbocycles. The van der Waals surface area contributed by atoms with Crippen LogP contribution >= 0.6 is 0 Å². The van der Waals surface area contributed by atoms with Crippen molar-refractivity contribution in [3.05, 3.63) is 45.0 Å². The summed E-state index contributed by atoms with van der Waals surface area (Å²) in [7, 11) is 2.05. The van der Waals surface area contributed by atoms with Crippen LogP contribution in [-0.4, -0.2) is 48.9 Å². The van der Waals surface area contributed by atoms with Crippen LogP contribution in [0.3, 0.4) is 0 Å². The quantitative estimate of drug-likeness (QED) is 0.602. The second-order valence-corrected chi connectivity index (χ2v) is 9.52. The predicted octanol–water partition coefficient (Wildman–Crippen LogP) is 3.77. The Morgan fingerprint density at radius 2 is 1.77 bits per heavy atom. The van der Waals surface area contributed by atoms with E-state index >= 15 is 0 Å². The molecule has 1 aliphatic rings. The maximum Gasteiger partial charge on any atom is 0.340 e. The Kier molecular flexibility index (Phi) is 5.01. The highest BCUT2D eigenvalue weighted by atomic mass is 16.4. The summed E-state index contributed by atoms with van der Waals surface area (Å²) in [6.07, 6.45) is 1.85. The number of aryl methyl sites for hydroxylation is 2. The molecule has 6 heteroatoms. The minimum Gasteiger partial charge on any atom is -0.463 e. The van der Waals surface area contributed by atoms with Gasteiger partial charge in [-0.1, -0.05) is 20.8 Å². The number of rotatable bonds is 2. The van der Waals surface area contributed by atoms with Gasteiger partial charge in [0.2, 0.25) is 5.91 Å². The van der Waals surface area contributed by atoms with Gasteiger partial charge in [-0.25, -0.2) is 4.79 Å². The van der Waals surface area contributed by atoms with Crippen molar-refractivity contribution >= 4 is 27.8 Å². The molecule has 1 aliphatic heterocycles. The summed E-state index contributed by atoms with van der Waals surface area (Å²) in [5.41, 5.74) is 4.04. The highest BCUT2D eigenvalue weighted by Gasteiger charge is 2.26. The van der Waals surface area contributed by atoms with Crippen LogP contribution in [0.1, 0.15) is 43.0 Å². The van der Waals surface area contributed by atoms with E-state index in [-0.39, 0.29) is 17.7 Å². The molecule has 1 saturated heterocycles. The van der Waals surface area contributed by atoms with E-state index < -0.39 is 5.63 Å². The molecule has 0 bridgehead atoms. The zero-order valence-corrected chi connectivity index (χ0v) is 18.7. The first kappa shape index (κ1) is 20.7. The van der Waals surface area contributed by atoms with Gasteiger partial charge >= 0.3 is 5.63 Å². The Balaban J connectivity index is 1.83. The van der Waals surface area contributed by atoms with Crippen molar-refractivity contribution in [1.82, 2.24) is 9.80 Å². The molecule has 160 valence electrons. The third-order valence-corrected chi connectivity index (χ3v) is 6.28. The predicted molar refractivity (Wildman–Crippen MR) is 118 cm³/mol. The number of hydrogen-bond acceptors (Lipinski definition) is 5. The highest BCUT2D eigenvalue weighted by Crippen LogP contribution is 2.39. The first-order valence-electron chi connectivity index (χ1n) is 10.5. The van der Waals surface area contributed by atoms with Gasteiger partial charge < -0.3 is 18.6 Å². The van der Waals surface area contributed by atoms with E-state index in [2.05, 4.69) is 25.7 Å². The summed E-state index contributed by atoms with van der Waals surface area (Å²) >= 11 is 0. The van der Waals surface area contributed by atoms with Gasteiger partial charge in [-0.05, 0) is 43.5 Å². The van der Waals surface area contributed by atoms with Crippen LogP contribution in [0, 0.1) is 13.8 Å². The smallest absolute Gasteiger partial charge is 0.340 e. The summed E-state index contributed by atoms with van der Waals surface area (Å²) in [5.74, 6) is -0.0315. The van der Waals surface area contributed by atoms with Crippen LogP contribution in [-0.2, 0) is 16.6 Å². The SMILES string of the molecule is Cc1cc2oc(=O)c(CC(=O)N3CCN(C)CC3)c(C)c2c2occ(C(C)(C)C)c12. The number of nitrogens with zero attached hydrogens (tertiary/aromatic N) is 2. The molecule has 3 aromatic rings. The minimum absolute atomic E-state index is 0.0315. The maximum atomic E-state index is 12.9. The topological polar surface area (TPSA) is 66.9 Å². The lowest BCUT2D eigenvalue weighted by atomic mass is 9.85. The number of hydrogen-bond donors (Lipinski definition) is 0. The van der Waals surface area contributed by atoms with E-state index in [1.54, 1.807) is 6.26 Å². The summed E-state index contributed by atoms with van der Waals surface area (Å²) in [6, 6.07) is 1.91. The molecule has 1 aromatic carbocycles. The van der Waals surface area contributed by atoms with Gasteiger partial charge in [0, 0.05) is 37.1 Å². The van der Waals surface area contributed by atoms with Crippen LogP contribution < -0.4 is 5.63 Å². The fourth-order valence-corrected chi connectivity index (χ4v) is 4.36. The third-order valence-electron chi connectivity index (χ3n) is 6.28. The molecule has 0 unspecified atom stereocenters. The minimum atomic E-state index is -0.441. The standard InChI is InChI=1S/C24H30N2O4/c1-14-11-18-21(22-20(14)17(13-29-22)24(3,4)5)15(2)16(23(28)30-18)12-19(27)26-9-7-25(6)8-10-26/h11,13H,7-10,12H2,1-6H3. The Bertz CT molecular complexity index is 1190. The average molecular weight is 411 g/mol. The van der Waals surface area contributed by atoms with Gasteiger partial charge in [0.15, 0.2) is 0 Å². The fourth-order valence-electron chi connectivity index (χ4n) is 4.36. The number of benzene rings is 1. The second-order valence-electron chi connectivity index (χ2n) is 9.52. The monoisotopic (exact) mass is 410 g/mol. The van der Waals surface area contributed by atoms with E-state index in [1.165, 1.54) is 0 Å². The Morgan fingerprint density at radius 1 is 1.10 bits per heavy atom. The van der Waals surface area contributed by atoms with Gasteiger partial charge in [0.25, 0.3) is 0 Å². The van der Waals surface area contributed by atoms with Crippen molar-refractivity contribution in [3.63, 3.8) is 0 Å². The van der Waals surface area contributed by atoms with E-state index in [1.807, 2.05) is 31.9 Å². The molecule has 0 N–H and O–H groups in total. The van der Waals surface area contributed by atoms with Gasteiger partial charge in [-0.15, -0.1) is 0 Å². The first-order chi connectivity index (χ1) is 14.1. The molecule has 0 saturated carbocycles. The van der Waals surface area contributed by atoms with Crippen LogP contribution in [0.5, 0.6) is 0 Å². The molecule has 1 amide bonds. The second kappa shape index (κ2) is 7.27. The lowest BCUT2D eigenvalue weighted by Gasteiger charge is -2.32. The Morgan fingerprint density at radius 3 is 2.40 bits per heavy atom. The van der Waals surface area contributed by atoms with Crippen molar-refractivity contribution < 1.29 is 13.6 Å². The number of fused-ring (bicyclic) bond motifs is 3. The molecular weight excluding hydrogens is 380 g/mol. The number of carbonyl (C=O) groups excluding carboxylic acids is 1. The molecule has 6 nitrogen and oxygen atoms in total. The van der Waals surface area contributed by atoms with Crippen LogP contribution in [0.2, 0.25) is 0 Å². The molecular formula is C24H30N2O4. The molecule has 2 aromatic heterocycles. The highest BCUT2D eigenvalue weighted by molar-refractivity contribution is 6.07. The zero-order valence-electron chi connectivity index (χ0n) is 18.7. The lowest BCUT2D eigenvalue weighted by Crippen LogP contribution is -2.47. The maximum absolute atomic E-state index is 12.9. The summed E-state index contributed by atoms with van der Waals surface area (Å²) < 4.78 is 11.7. The largest absolute Gasteiger partial charge is 0.463 e. The summed E-state index contributed by atoms with van der Waals surface area (Å²) in [4.78, 5) is 29.7. The number of furan rings is 1. The first-order valence-corrected chi connectivity index (χ1v) is 10.5. The van der Waals surface area contributed by atoms with Crippen LogP contribution in [0.4, 0.5) is 0 Å². The number of piperazine rings is 1. The molecule has 0 radical (unpaired) electrons. The number of carbonyl (C=O) groups is 1. The molecule has 0 spiro atoms. The zero-order chi connectivity index (χ0) is 21.8. The van der Waals surface area contributed by atoms with E-state index in [9.17, 15) is 9.59 Å². The van der Waals surface area contributed by atoms with Crippen molar-refractivity contribution in [2.24, 2.45) is 0 Å². The fraction of sp³-hybridized carbons (Fsp3) is 0.500. The summed E-state index contributed by atoms with van der Waals surface area (Å²) in [5, 5.41) is 1.84. The van der Waals surface area contributed by atoms with Gasteiger partial charge in [0.05, 0.1) is 23.6 Å². The molecule has 0 atom stereocenters. The van der Waals surface area contributed by atoms with E-state index in [0.29, 0.717) is 24.2 Å². The van der Waals surface area contributed by atoms with Crippen molar-refractivity contribution in [3.8, 4) is 0 Å². The Labute approximate surface area is 176 Å². The number of likely N-dealkylation sites (N-methyl/N-ethyl adjacent to an activating group) is 1. The lowest BCUT2D eigenvalue weighted by molar-refractivity contribution is -0.132.